The minimum absolute atomic E-state index is 0.157. The van der Waals surface area contributed by atoms with E-state index in [-0.39, 0.29) is 17.9 Å². The maximum absolute atomic E-state index is 12.6. The third-order valence-electron chi connectivity index (χ3n) is 5.93. The van der Waals surface area contributed by atoms with Gasteiger partial charge in [-0.1, -0.05) is 31.5 Å². The minimum Gasteiger partial charge on any atom is -0.489 e. The minimum atomic E-state index is -0.473. The first-order valence-electron chi connectivity index (χ1n) is 10.6. The number of amides is 1. The van der Waals surface area contributed by atoms with Crippen molar-refractivity contribution in [2.24, 2.45) is 5.92 Å². The molecule has 1 amide bonds. The van der Waals surface area contributed by atoms with Crippen LogP contribution in [0.5, 0.6) is 5.75 Å². The van der Waals surface area contributed by atoms with Crippen molar-refractivity contribution in [3.63, 3.8) is 0 Å². The summed E-state index contributed by atoms with van der Waals surface area (Å²) in [6.07, 6.45) is 2.30. The molecule has 2 N–H and O–H groups in total. The lowest BCUT2D eigenvalue weighted by Gasteiger charge is -2.34. The van der Waals surface area contributed by atoms with Crippen molar-refractivity contribution in [1.82, 2.24) is 10.3 Å². The molecule has 0 bridgehead atoms. The lowest BCUT2D eigenvalue weighted by Crippen LogP contribution is -2.49. The highest BCUT2D eigenvalue weighted by Gasteiger charge is 2.30. The maximum Gasteiger partial charge on any atom is 0.251 e. The summed E-state index contributed by atoms with van der Waals surface area (Å²) in [6.45, 7) is 4.49. The summed E-state index contributed by atoms with van der Waals surface area (Å²) in [5.74, 6) is 0.824. The van der Waals surface area contributed by atoms with Crippen molar-refractivity contribution < 1.29 is 14.6 Å². The zero-order valence-corrected chi connectivity index (χ0v) is 17.5. The molecular weight excluding hydrogens is 376 g/mol. The molecule has 0 saturated heterocycles. The second-order valence-corrected chi connectivity index (χ2v) is 8.23. The largest absolute Gasteiger partial charge is 0.489 e. The van der Waals surface area contributed by atoms with Crippen molar-refractivity contribution >= 4 is 16.8 Å². The van der Waals surface area contributed by atoms with Crippen LogP contribution in [0.2, 0.25) is 0 Å². The van der Waals surface area contributed by atoms with E-state index in [1.54, 1.807) is 12.1 Å². The van der Waals surface area contributed by atoms with Crippen molar-refractivity contribution in [3.8, 4) is 5.75 Å². The smallest absolute Gasteiger partial charge is 0.251 e. The Morgan fingerprint density at radius 2 is 1.93 bits per heavy atom. The summed E-state index contributed by atoms with van der Waals surface area (Å²) in [4.78, 5) is 17.2. The molecule has 2 aromatic carbocycles. The Kier molecular flexibility index (Phi) is 6.00. The molecule has 1 heterocycles. The monoisotopic (exact) mass is 404 g/mol. The van der Waals surface area contributed by atoms with Crippen LogP contribution in [0.1, 0.15) is 47.8 Å². The number of aromatic nitrogens is 1. The standard InChI is InChI=1S/C25H28N2O3/c1-16-6-5-9-23(28)24(16)27-25(29)18-10-12-20(13-11-18)30-15-19-14-17(2)26-22-8-4-3-7-21(19)22/h3-4,7-8,10-14,16,23-24,28H,5-6,9,15H2,1-2H3,(H,27,29). The van der Waals surface area contributed by atoms with E-state index in [0.29, 0.717) is 17.9 Å². The van der Waals surface area contributed by atoms with E-state index in [9.17, 15) is 9.90 Å². The van der Waals surface area contributed by atoms with Gasteiger partial charge in [-0.25, -0.2) is 0 Å². The first-order chi connectivity index (χ1) is 14.5. The van der Waals surface area contributed by atoms with Crippen molar-refractivity contribution in [1.29, 1.82) is 0 Å². The van der Waals surface area contributed by atoms with Gasteiger partial charge in [0.05, 0.1) is 17.7 Å². The number of carbonyl (C=O) groups is 1. The van der Waals surface area contributed by atoms with Crippen LogP contribution in [0.3, 0.4) is 0 Å². The molecule has 1 fully saturated rings. The first kappa shape index (κ1) is 20.4. The summed E-state index contributed by atoms with van der Waals surface area (Å²) in [5.41, 5.74) is 3.57. The number of benzene rings is 2. The molecule has 3 unspecified atom stereocenters. The molecule has 30 heavy (non-hydrogen) atoms. The summed E-state index contributed by atoms with van der Waals surface area (Å²) in [6, 6.07) is 17.0. The highest BCUT2D eigenvalue weighted by molar-refractivity contribution is 5.94. The number of aryl methyl sites for hydroxylation is 1. The Hall–Kier alpha value is -2.92. The Morgan fingerprint density at radius 1 is 1.17 bits per heavy atom. The number of fused-ring (bicyclic) bond motifs is 1. The summed E-state index contributed by atoms with van der Waals surface area (Å²) < 4.78 is 5.97. The number of nitrogens with zero attached hydrogens (tertiary/aromatic N) is 1. The number of ether oxygens (including phenoxy) is 1. The zero-order chi connectivity index (χ0) is 21.1. The van der Waals surface area contributed by atoms with E-state index in [0.717, 1.165) is 41.4 Å². The van der Waals surface area contributed by atoms with E-state index in [2.05, 4.69) is 23.3 Å². The molecule has 5 nitrogen and oxygen atoms in total. The van der Waals surface area contributed by atoms with Crippen molar-refractivity contribution in [2.45, 2.75) is 51.9 Å². The van der Waals surface area contributed by atoms with Gasteiger partial charge in [-0.15, -0.1) is 0 Å². The lowest BCUT2D eigenvalue weighted by atomic mass is 9.83. The van der Waals surface area contributed by atoms with Gasteiger partial charge in [-0.2, -0.15) is 0 Å². The molecule has 1 saturated carbocycles. The molecule has 0 radical (unpaired) electrons. The van der Waals surface area contributed by atoms with Crippen LogP contribution < -0.4 is 10.1 Å². The first-order valence-corrected chi connectivity index (χ1v) is 10.6. The Morgan fingerprint density at radius 3 is 2.70 bits per heavy atom. The van der Waals surface area contributed by atoms with Crippen LogP contribution in [0.4, 0.5) is 0 Å². The predicted molar refractivity (Wildman–Crippen MR) is 118 cm³/mol. The fourth-order valence-corrected chi connectivity index (χ4v) is 4.24. The number of rotatable bonds is 5. The number of hydrogen-bond donors (Lipinski definition) is 2. The molecule has 3 atom stereocenters. The van der Waals surface area contributed by atoms with Gasteiger partial charge in [0, 0.05) is 22.2 Å². The molecule has 0 spiro atoms. The predicted octanol–water partition coefficient (Wildman–Crippen LogP) is 4.40. The normalized spacial score (nSPS) is 21.4. The van der Waals surface area contributed by atoms with Gasteiger partial charge in [-0.05, 0) is 62.1 Å². The molecule has 4 rings (SSSR count). The molecule has 0 aliphatic heterocycles. The number of aliphatic hydroxyl groups is 1. The number of hydrogen-bond acceptors (Lipinski definition) is 4. The molecule has 156 valence electrons. The van der Waals surface area contributed by atoms with Crippen molar-refractivity contribution in [2.75, 3.05) is 0 Å². The molecular formula is C25H28N2O3. The number of pyridine rings is 1. The van der Waals surface area contributed by atoms with E-state index < -0.39 is 6.10 Å². The number of para-hydroxylation sites is 1. The average Bonchev–Trinajstić information content (AvgIpc) is 2.75. The molecule has 5 heteroatoms. The third kappa shape index (κ3) is 4.46. The van der Waals surface area contributed by atoms with E-state index in [4.69, 9.17) is 4.74 Å². The second kappa shape index (κ2) is 8.84. The lowest BCUT2D eigenvalue weighted by molar-refractivity contribution is 0.0544. The second-order valence-electron chi connectivity index (χ2n) is 8.23. The van der Waals surface area contributed by atoms with Crippen LogP contribution in [-0.4, -0.2) is 28.1 Å². The van der Waals surface area contributed by atoms with E-state index in [1.807, 2.05) is 43.3 Å². The Bertz CT molecular complexity index is 1020. The van der Waals surface area contributed by atoms with Crippen molar-refractivity contribution in [3.05, 3.63) is 71.4 Å². The number of aliphatic hydroxyl groups excluding tert-OH is 1. The fourth-order valence-electron chi connectivity index (χ4n) is 4.24. The zero-order valence-electron chi connectivity index (χ0n) is 17.5. The van der Waals surface area contributed by atoms with Gasteiger partial charge in [0.25, 0.3) is 5.91 Å². The average molecular weight is 405 g/mol. The van der Waals surface area contributed by atoms with Gasteiger partial charge < -0.3 is 15.2 Å². The topological polar surface area (TPSA) is 71.5 Å². The van der Waals surface area contributed by atoms with Crippen LogP contribution in [-0.2, 0) is 6.61 Å². The molecule has 3 aromatic rings. The molecule has 1 aliphatic carbocycles. The number of nitrogens with one attached hydrogen (secondary N) is 1. The number of carbonyl (C=O) groups excluding carboxylic acids is 1. The van der Waals surface area contributed by atoms with Gasteiger partial charge in [0.1, 0.15) is 12.4 Å². The van der Waals surface area contributed by atoms with Crippen LogP contribution in [0.15, 0.2) is 54.6 Å². The van der Waals surface area contributed by atoms with Crippen LogP contribution in [0.25, 0.3) is 10.9 Å². The van der Waals surface area contributed by atoms with Crippen LogP contribution >= 0.6 is 0 Å². The fraction of sp³-hybridized carbons (Fsp3) is 0.360. The molecule has 1 aliphatic rings. The SMILES string of the molecule is Cc1cc(COc2ccc(C(=O)NC3C(C)CCCC3O)cc2)c2ccccc2n1. The summed E-state index contributed by atoms with van der Waals surface area (Å²) in [7, 11) is 0. The third-order valence-corrected chi connectivity index (χ3v) is 5.93. The highest BCUT2D eigenvalue weighted by atomic mass is 16.5. The summed E-state index contributed by atoms with van der Waals surface area (Å²) >= 11 is 0. The van der Waals surface area contributed by atoms with E-state index in [1.165, 1.54) is 0 Å². The van der Waals surface area contributed by atoms with Gasteiger partial charge >= 0.3 is 0 Å². The Balaban J connectivity index is 1.41. The highest BCUT2D eigenvalue weighted by Crippen LogP contribution is 2.25. The van der Waals surface area contributed by atoms with E-state index >= 15 is 0 Å². The van der Waals surface area contributed by atoms with Gasteiger partial charge in [-0.3, -0.25) is 9.78 Å². The van der Waals surface area contributed by atoms with Gasteiger partial charge in [0.2, 0.25) is 0 Å². The summed E-state index contributed by atoms with van der Waals surface area (Å²) in [5, 5.41) is 14.3. The Labute approximate surface area is 177 Å². The van der Waals surface area contributed by atoms with Gasteiger partial charge in [0.15, 0.2) is 0 Å². The molecule has 1 aromatic heterocycles. The maximum atomic E-state index is 12.6. The van der Waals surface area contributed by atoms with Crippen LogP contribution in [0, 0.1) is 12.8 Å². The quantitative estimate of drug-likeness (QED) is 0.661.